The van der Waals surface area contributed by atoms with Crippen LogP contribution in [0.3, 0.4) is 0 Å². The van der Waals surface area contributed by atoms with E-state index >= 15 is 0 Å². The van der Waals surface area contributed by atoms with Crippen LogP contribution in [0.2, 0.25) is 0 Å². The summed E-state index contributed by atoms with van der Waals surface area (Å²) in [5.74, 6) is -1.38. The SMILES string of the molecule is COC(=O)[C@@H]1C[C@@H](OC(=O)c2ccc(C(F)F)cc2)CN1C(=O)OC(C)(C)C. The highest BCUT2D eigenvalue weighted by molar-refractivity contribution is 5.90. The van der Waals surface area contributed by atoms with Gasteiger partial charge < -0.3 is 14.2 Å². The van der Waals surface area contributed by atoms with Crippen molar-refractivity contribution in [1.82, 2.24) is 4.90 Å². The first kappa shape index (κ1) is 21.6. The van der Waals surface area contributed by atoms with E-state index in [9.17, 15) is 23.2 Å². The molecule has 0 saturated carbocycles. The van der Waals surface area contributed by atoms with Gasteiger partial charge in [-0.25, -0.2) is 23.2 Å². The quantitative estimate of drug-likeness (QED) is 0.571. The van der Waals surface area contributed by atoms with Crippen molar-refractivity contribution >= 4 is 18.0 Å². The van der Waals surface area contributed by atoms with Crippen molar-refractivity contribution in [2.75, 3.05) is 13.7 Å². The first-order valence-electron chi connectivity index (χ1n) is 8.68. The summed E-state index contributed by atoms with van der Waals surface area (Å²) in [6.07, 6.45) is -4.07. The largest absolute Gasteiger partial charge is 0.467 e. The maximum Gasteiger partial charge on any atom is 0.411 e. The lowest BCUT2D eigenvalue weighted by atomic mass is 10.1. The van der Waals surface area contributed by atoms with Crippen LogP contribution in [-0.2, 0) is 19.0 Å². The van der Waals surface area contributed by atoms with Crippen LogP contribution in [0.5, 0.6) is 0 Å². The number of likely N-dealkylation sites (tertiary alicyclic amines) is 1. The Labute approximate surface area is 161 Å². The van der Waals surface area contributed by atoms with Crippen LogP contribution in [0.1, 0.15) is 49.5 Å². The van der Waals surface area contributed by atoms with E-state index in [1.54, 1.807) is 20.8 Å². The van der Waals surface area contributed by atoms with Crippen molar-refractivity contribution in [3.8, 4) is 0 Å². The number of alkyl halides is 2. The molecule has 1 aliphatic heterocycles. The lowest BCUT2D eigenvalue weighted by Crippen LogP contribution is -2.44. The van der Waals surface area contributed by atoms with E-state index in [0.717, 1.165) is 17.0 Å². The Kier molecular flexibility index (Phi) is 6.58. The van der Waals surface area contributed by atoms with Gasteiger partial charge in [0.1, 0.15) is 17.7 Å². The van der Waals surface area contributed by atoms with Gasteiger partial charge in [0.15, 0.2) is 0 Å². The number of hydrogen-bond acceptors (Lipinski definition) is 6. The maximum absolute atomic E-state index is 12.6. The zero-order valence-electron chi connectivity index (χ0n) is 16.1. The average Bonchev–Trinajstić information content (AvgIpc) is 3.03. The van der Waals surface area contributed by atoms with Gasteiger partial charge in [0, 0.05) is 12.0 Å². The molecule has 0 unspecified atom stereocenters. The van der Waals surface area contributed by atoms with Gasteiger partial charge in [0.05, 0.1) is 19.2 Å². The van der Waals surface area contributed by atoms with E-state index in [4.69, 9.17) is 14.2 Å². The van der Waals surface area contributed by atoms with Crippen LogP contribution >= 0.6 is 0 Å². The summed E-state index contributed by atoms with van der Waals surface area (Å²) in [5, 5.41) is 0. The molecule has 0 spiro atoms. The van der Waals surface area contributed by atoms with E-state index < -0.39 is 42.2 Å². The predicted molar refractivity (Wildman–Crippen MR) is 94.0 cm³/mol. The third-order valence-corrected chi connectivity index (χ3v) is 4.04. The highest BCUT2D eigenvalue weighted by Crippen LogP contribution is 2.25. The number of esters is 2. The fourth-order valence-corrected chi connectivity index (χ4v) is 2.75. The van der Waals surface area contributed by atoms with Crippen LogP contribution in [0.4, 0.5) is 13.6 Å². The number of methoxy groups -OCH3 is 1. The Morgan fingerprint density at radius 1 is 1.14 bits per heavy atom. The van der Waals surface area contributed by atoms with Crippen LogP contribution in [0.25, 0.3) is 0 Å². The number of nitrogens with zero attached hydrogens (tertiary/aromatic N) is 1. The van der Waals surface area contributed by atoms with Crippen molar-refractivity contribution in [2.24, 2.45) is 0 Å². The number of amides is 1. The minimum atomic E-state index is -2.64. The molecule has 1 fully saturated rings. The number of carbonyl (C=O) groups excluding carboxylic acids is 3. The number of rotatable bonds is 4. The first-order chi connectivity index (χ1) is 13.0. The number of hydrogen-bond donors (Lipinski definition) is 0. The van der Waals surface area contributed by atoms with Gasteiger partial charge in [-0.15, -0.1) is 0 Å². The molecule has 1 aromatic rings. The zero-order chi connectivity index (χ0) is 21.1. The van der Waals surface area contributed by atoms with E-state index in [2.05, 4.69) is 0 Å². The van der Waals surface area contributed by atoms with Crippen molar-refractivity contribution in [1.29, 1.82) is 0 Å². The summed E-state index contributed by atoms with van der Waals surface area (Å²) in [4.78, 5) is 37.8. The topological polar surface area (TPSA) is 82.1 Å². The third kappa shape index (κ3) is 5.40. The Bertz CT molecular complexity index is 729. The summed E-state index contributed by atoms with van der Waals surface area (Å²) in [7, 11) is 1.19. The van der Waals surface area contributed by atoms with Crippen molar-refractivity contribution in [3.63, 3.8) is 0 Å². The second kappa shape index (κ2) is 8.53. The predicted octanol–water partition coefficient (Wildman–Crippen LogP) is 3.33. The smallest absolute Gasteiger partial charge is 0.411 e. The second-order valence-corrected chi connectivity index (χ2v) is 7.36. The first-order valence-corrected chi connectivity index (χ1v) is 8.68. The minimum absolute atomic E-state index is 0.0461. The molecule has 2 atom stereocenters. The molecule has 1 heterocycles. The van der Waals surface area contributed by atoms with Crippen LogP contribution in [-0.4, -0.2) is 54.3 Å². The van der Waals surface area contributed by atoms with Crippen molar-refractivity contribution in [3.05, 3.63) is 35.4 Å². The van der Waals surface area contributed by atoms with Crippen molar-refractivity contribution in [2.45, 2.75) is 51.4 Å². The molecular formula is C19H23F2NO6. The Morgan fingerprint density at radius 2 is 1.75 bits per heavy atom. The van der Waals surface area contributed by atoms with Crippen LogP contribution in [0.15, 0.2) is 24.3 Å². The Hall–Kier alpha value is -2.71. The Morgan fingerprint density at radius 3 is 2.25 bits per heavy atom. The zero-order valence-corrected chi connectivity index (χ0v) is 16.1. The molecule has 2 rings (SSSR count). The van der Waals surface area contributed by atoms with Gasteiger partial charge in [-0.1, -0.05) is 12.1 Å². The summed E-state index contributed by atoms with van der Waals surface area (Å²) in [6, 6.07) is 3.81. The molecule has 1 amide bonds. The van der Waals surface area contributed by atoms with E-state index in [1.165, 1.54) is 19.2 Å². The van der Waals surface area contributed by atoms with Crippen LogP contribution in [0, 0.1) is 0 Å². The lowest BCUT2D eigenvalue weighted by Gasteiger charge is -2.27. The minimum Gasteiger partial charge on any atom is -0.467 e. The van der Waals surface area contributed by atoms with Gasteiger partial charge >= 0.3 is 18.0 Å². The monoisotopic (exact) mass is 399 g/mol. The molecule has 1 aromatic carbocycles. The molecule has 28 heavy (non-hydrogen) atoms. The lowest BCUT2D eigenvalue weighted by molar-refractivity contribution is -0.145. The van der Waals surface area contributed by atoms with E-state index in [1.807, 2.05) is 0 Å². The van der Waals surface area contributed by atoms with Crippen LogP contribution < -0.4 is 0 Å². The van der Waals surface area contributed by atoms with Gasteiger partial charge in [-0.2, -0.15) is 0 Å². The van der Waals surface area contributed by atoms with E-state index in [-0.39, 0.29) is 24.1 Å². The molecule has 1 saturated heterocycles. The van der Waals surface area contributed by atoms with E-state index in [0.29, 0.717) is 0 Å². The highest BCUT2D eigenvalue weighted by atomic mass is 19.3. The molecule has 0 radical (unpaired) electrons. The molecule has 0 aliphatic carbocycles. The molecular weight excluding hydrogens is 376 g/mol. The highest BCUT2D eigenvalue weighted by Gasteiger charge is 2.43. The standard InChI is InChI=1S/C19H23F2NO6/c1-19(2,3)28-18(25)22-10-13(9-14(22)17(24)26-4)27-16(23)12-7-5-11(6-8-12)15(20)21/h5-8,13-15H,9-10H2,1-4H3/t13-,14+/m1/s1. The second-order valence-electron chi connectivity index (χ2n) is 7.36. The molecule has 154 valence electrons. The van der Waals surface area contributed by atoms with Gasteiger partial charge in [-0.05, 0) is 32.9 Å². The summed E-state index contributed by atoms with van der Waals surface area (Å²) in [5.41, 5.74) is -0.882. The molecule has 7 nitrogen and oxygen atoms in total. The van der Waals surface area contributed by atoms with Gasteiger partial charge in [-0.3, -0.25) is 4.90 Å². The van der Waals surface area contributed by atoms with Crippen molar-refractivity contribution < 1.29 is 37.4 Å². The normalized spacial score (nSPS) is 19.5. The van der Waals surface area contributed by atoms with Gasteiger partial charge in [0.25, 0.3) is 6.43 Å². The molecule has 0 bridgehead atoms. The summed E-state index contributed by atoms with van der Waals surface area (Å²) in [6.45, 7) is 5.02. The maximum atomic E-state index is 12.6. The summed E-state index contributed by atoms with van der Waals surface area (Å²) < 4.78 is 40.6. The molecule has 9 heteroatoms. The number of halogens is 2. The average molecular weight is 399 g/mol. The van der Waals surface area contributed by atoms with Gasteiger partial charge in [0.2, 0.25) is 0 Å². The molecule has 1 aliphatic rings. The Balaban J connectivity index is 2.08. The fourth-order valence-electron chi connectivity index (χ4n) is 2.75. The number of ether oxygens (including phenoxy) is 3. The number of carbonyl (C=O) groups is 3. The third-order valence-electron chi connectivity index (χ3n) is 4.04. The molecule has 0 N–H and O–H groups in total. The summed E-state index contributed by atoms with van der Waals surface area (Å²) >= 11 is 0. The fraction of sp³-hybridized carbons (Fsp3) is 0.526. The molecule has 0 aromatic heterocycles. The number of benzene rings is 1.